The first-order chi connectivity index (χ1) is 10.6. The van der Waals surface area contributed by atoms with E-state index in [1.807, 2.05) is 45.0 Å². The van der Waals surface area contributed by atoms with Crippen LogP contribution in [-0.4, -0.2) is 25.7 Å². The van der Waals surface area contributed by atoms with E-state index in [-0.39, 0.29) is 11.8 Å². The van der Waals surface area contributed by atoms with Crippen LogP contribution in [0, 0.1) is 5.92 Å². The van der Waals surface area contributed by atoms with E-state index in [0.29, 0.717) is 0 Å². The van der Waals surface area contributed by atoms with Crippen LogP contribution in [0.3, 0.4) is 0 Å². The molecule has 0 fully saturated rings. The Morgan fingerprint density at radius 1 is 1.36 bits per heavy atom. The summed E-state index contributed by atoms with van der Waals surface area (Å²) in [4.78, 5) is 12.6. The first-order valence-corrected chi connectivity index (χ1v) is 8.02. The Morgan fingerprint density at radius 3 is 2.91 bits per heavy atom. The average molecular weight is 315 g/mol. The lowest BCUT2D eigenvalue weighted by Crippen LogP contribution is -2.17. The lowest BCUT2D eigenvalue weighted by molar-refractivity contribution is -0.118. The third-order valence-corrected chi connectivity index (χ3v) is 4.22. The van der Waals surface area contributed by atoms with Gasteiger partial charge in [0.25, 0.3) is 0 Å². The first-order valence-electron chi connectivity index (χ1n) is 7.21. The molecule has 2 heterocycles. The Hall–Kier alpha value is -2.28. The van der Waals surface area contributed by atoms with Crippen molar-refractivity contribution in [3.05, 3.63) is 30.1 Å². The predicted molar refractivity (Wildman–Crippen MR) is 86.9 cm³/mol. The van der Waals surface area contributed by atoms with E-state index < -0.39 is 0 Å². The predicted octanol–water partition coefficient (Wildman–Crippen LogP) is 3.01. The van der Waals surface area contributed by atoms with Crippen LogP contribution in [0.4, 0.5) is 5.69 Å². The van der Waals surface area contributed by atoms with Crippen LogP contribution in [0.5, 0.6) is 0 Å². The zero-order valence-electron chi connectivity index (χ0n) is 12.7. The number of carbonyl (C=O) groups excluding carboxylic acids is 1. The zero-order chi connectivity index (χ0) is 15.7. The van der Waals surface area contributed by atoms with Crippen molar-refractivity contribution in [3.63, 3.8) is 0 Å². The average Bonchev–Trinajstić information content (AvgIpc) is 3.07. The number of aromatic nitrogens is 4. The van der Waals surface area contributed by atoms with E-state index in [1.54, 1.807) is 4.52 Å². The monoisotopic (exact) mass is 315 g/mol. The van der Waals surface area contributed by atoms with Crippen LogP contribution in [0.15, 0.2) is 24.3 Å². The number of nitrogens with one attached hydrogen (secondary N) is 1. The van der Waals surface area contributed by atoms with Crippen molar-refractivity contribution in [3.8, 4) is 10.6 Å². The zero-order valence-corrected chi connectivity index (χ0v) is 13.5. The van der Waals surface area contributed by atoms with Gasteiger partial charge in [0, 0.05) is 23.6 Å². The number of rotatable bonds is 4. The molecule has 6 nitrogen and oxygen atoms in total. The molecular weight excluding hydrogens is 298 g/mol. The summed E-state index contributed by atoms with van der Waals surface area (Å²) in [5, 5.41) is 16.6. The summed E-state index contributed by atoms with van der Waals surface area (Å²) in [7, 11) is 0. The third kappa shape index (κ3) is 2.71. The fraction of sp³-hybridized carbons (Fsp3) is 0.333. The van der Waals surface area contributed by atoms with Gasteiger partial charge in [-0.3, -0.25) is 4.79 Å². The van der Waals surface area contributed by atoms with Crippen molar-refractivity contribution in [1.82, 2.24) is 19.8 Å². The molecule has 0 aliphatic rings. The van der Waals surface area contributed by atoms with Crippen LogP contribution >= 0.6 is 11.3 Å². The molecule has 1 amide bonds. The molecule has 0 aliphatic carbocycles. The Morgan fingerprint density at radius 2 is 2.18 bits per heavy atom. The van der Waals surface area contributed by atoms with Gasteiger partial charge in [-0.15, -0.1) is 10.2 Å². The first kappa shape index (κ1) is 14.6. The second-order valence-corrected chi connectivity index (χ2v) is 6.25. The van der Waals surface area contributed by atoms with Crippen molar-refractivity contribution in [2.75, 3.05) is 5.32 Å². The number of carbonyl (C=O) groups is 1. The lowest BCUT2D eigenvalue weighted by atomic mass is 10.1. The van der Waals surface area contributed by atoms with Crippen LogP contribution < -0.4 is 5.32 Å². The van der Waals surface area contributed by atoms with Crippen LogP contribution in [0.2, 0.25) is 0 Å². The van der Waals surface area contributed by atoms with E-state index >= 15 is 0 Å². The summed E-state index contributed by atoms with van der Waals surface area (Å²) in [6.45, 7) is 5.76. The lowest BCUT2D eigenvalue weighted by Gasteiger charge is -2.08. The summed E-state index contributed by atoms with van der Waals surface area (Å²) >= 11 is 1.49. The van der Waals surface area contributed by atoms with E-state index in [0.717, 1.165) is 33.5 Å². The standard InChI is InChI=1S/C15H17N5OS/c1-4-12-17-18-15-20(12)19-14(22-15)10-6-5-7-11(8-10)16-13(21)9(2)3/h5-9H,4H2,1-3H3,(H,16,21). The largest absolute Gasteiger partial charge is 0.326 e. The van der Waals surface area contributed by atoms with Gasteiger partial charge < -0.3 is 5.32 Å². The molecule has 1 N–H and O–H groups in total. The molecule has 0 unspecified atom stereocenters. The second kappa shape index (κ2) is 5.84. The molecule has 0 bridgehead atoms. The SMILES string of the molecule is CCc1nnc2sc(-c3cccc(NC(=O)C(C)C)c3)nn12. The smallest absolute Gasteiger partial charge is 0.234 e. The fourth-order valence-electron chi connectivity index (χ4n) is 2.01. The highest BCUT2D eigenvalue weighted by atomic mass is 32.1. The third-order valence-electron chi connectivity index (χ3n) is 3.27. The highest BCUT2D eigenvalue weighted by Crippen LogP contribution is 2.27. The number of amides is 1. The van der Waals surface area contributed by atoms with Gasteiger partial charge in [0.1, 0.15) is 5.01 Å². The maximum atomic E-state index is 11.8. The molecule has 1 aromatic carbocycles. The minimum absolute atomic E-state index is 0.00330. The fourth-order valence-corrected chi connectivity index (χ4v) is 2.87. The van der Waals surface area contributed by atoms with Crippen molar-refractivity contribution in [1.29, 1.82) is 0 Å². The van der Waals surface area contributed by atoms with Gasteiger partial charge in [-0.05, 0) is 12.1 Å². The van der Waals surface area contributed by atoms with Crippen molar-refractivity contribution in [2.24, 2.45) is 5.92 Å². The number of benzene rings is 1. The van der Waals surface area contributed by atoms with Crippen molar-refractivity contribution < 1.29 is 4.79 Å². The molecule has 3 rings (SSSR count). The molecule has 0 saturated carbocycles. The molecule has 3 aromatic rings. The highest BCUT2D eigenvalue weighted by Gasteiger charge is 2.13. The molecule has 0 aliphatic heterocycles. The molecule has 2 aromatic heterocycles. The normalized spacial score (nSPS) is 11.3. The van der Waals surface area contributed by atoms with Gasteiger partial charge in [0.2, 0.25) is 10.9 Å². The topological polar surface area (TPSA) is 72.2 Å². The van der Waals surface area contributed by atoms with Gasteiger partial charge in [-0.25, -0.2) is 0 Å². The van der Waals surface area contributed by atoms with Crippen LogP contribution in [0.25, 0.3) is 15.5 Å². The second-order valence-electron chi connectivity index (χ2n) is 5.30. The summed E-state index contributed by atoms with van der Waals surface area (Å²) in [5.41, 5.74) is 1.73. The van der Waals surface area contributed by atoms with Crippen molar-refractivity contribution >= 4 is 27.9 Å². The number of aryl methyl sites for hydroxylation is 1. The number of hydrogen-bond acceptors (Lipinski definition) is 5. The molecule has 0 atom stereocenters. The Balaban J connectivity index is 1.93. The molecule has 0 spiro atoms. The van der Waals surface area contributed by atoms with Crippen LogP contribution in [-0.2, 0) is 11.2 Å². The summed E-state index contributed by atoms with van der Waals surface area (Å²) in [6.07, 6.45) is 0.787. The molecule has 7 heteroatoms. The van der Waals surface area contributed by atoms with E-state index in [1.165, 1.54) is 11.3 Å². The Bertz CT molecular complexity index is 820. The summed E-state index contributed by atoms with van der Waals surface area (Å²) < 4.78 is 1.78. The van der Waals surface area contributed by atoms with Crippen LogP contribution in [0.1, 0.15) is 26.6 Å². The molecule has 114 valence electrons. The highest BCUT2D eigenvalue weighted by molar-refractivity contribution is 7.19. The Labute approximate surface area is 132 Å². The minimum atomic E-state index is -0.0509. The number of fused-ring (bicyclic) bond motifs is 1. The molecular formula is C15H17N5OS. The maximum Gasteiger partial charge on any atom is 0.234 e. The van der Waals surface area contributed by atoms with E-state index in [9.17, 15) is 4.79 Å². The number of anilines is 1. The number of hydrogen-bond donors (Lipinski definition) is 1. The van der Waals surface area contributed by atoms with Gasteiger partial charge in [-0.1, -0.05) is 44.2 Å². The molecule has 0 saturated heterocycles. The van der Waals surface area contributed by atoms with E-state index in [2.05, 4.69) is 20.6 Å². The van der Waals surface area contributed by atoms with Gasteiger partial charge in [-0.2, -0.15) is 9.61 Å². The minimum Gasteiger partial charge on any atom is -0.326 e. The van der Waals surface area contributed by atoms with Gasteiger partial charge in [0.05, 0.1) is 0 Å². The maximum absolute atomic E-state index is 11.8. The van der Waals surface area contributed by atoms with Gasteiger partial charge >= 0.3 is 0 Å². The summed E-state index contributed by atoms with van der Waals surface area (Å²) in [6, 6.07) is 7.69. The molecule has 0 radical (unpaired) electrons. The Kier molecular flexibility index (Phi) is 3.89. The summed E-state index contributed by atoms with van der Waals surface area (Å²) in [5.74, 6) is 0.801. The number of nitrogens with zero attached hydrogens (tertiary/aromatic N) is 4. The van der Waals surface area contributed by atoms with Gasteiger partial charge in [0.15, 0.2) is 5.82 Å². The quantitative estimate of drug-likeness (QED) is 0.803. The molecule has 22 heavy (non-hydrogen) atoms. The van der Waals surface area contributed by atoms with E-state index in [4.69, 9.17) is 0 Å². The van der Waals surface area contributed by atoms with Crippen molar-refractivity contribution in [2.45, 2.75) is 27.2 Å².